The number of methoxy groups -OCH3 is 1. The number of piperidine rings is 1. The van der Waals surface area contributed by atoms with Crippen molar-refractivity contribution in [2.75, 3.05) is 86.7 Å². The van der Waals surface area contributed by atoms with Gasteiger partial charge in [0, 0.05) is 94.1 Å². The highest BCUT2D eigenvalue weighted by Crippen LogP contribution is 2.42. The number of halogens is 1. The van der Waals surface area contributed by atoms with E-state index in [1.807, 2.05) is 36.4 Å². The molecule has 6 aromatic rings. The van der Waals surface area contributed by atoms with Crippen molar-refractivity contribution in [3.8, 4) is 11.4 Å². The molecule has 0 spiro atoms. The predicted molar refractivity (Wildman–Crippen MR) is 239 cm³/mol. The first-order chi connectivity index (χ1) is 28.4. The quantitative estimate of drug-likeness (QED) is 0.128. The van der Waals surface area contributed by atoms with Gasteiger partial charge < -0.3 is 29.7 Å². The van der Waals surface area contributed by atoms with Gasteiger partial charge in [-0.1, -0.05) is 0 Å². The molecule has 15 nitrogen and oxygen atoms in total. The molecule has 2 saturated heterocycles. The summed E-state index contributed by atoms with van der Waals surface area (Å²) in [6.07, 6.45) is 8.67. The van der Waals surface area contributed by atoms with Crippen molar-refractivity contribution in [1.29, 1.82) is 0 Å². The molecule has 0 amide bonds. The summed E-state index contributed by atoms with van der Waals surface area (Å²) in [7, 11) is -1.10. The maximum absolute atomic E-state index is 13.5. The highest BCUT2D eigenvalue weighted by Gasteiger charge is 2.26. The first-order valence-corrected chi connectivity index (χ1v) is 23.0. The minimum Gasteiger partial charge on any atom is -0.494 e. The Hall–Kier alpha value is -5.57. The van der Waals surface area contributed by atoms with Gasteiger partial charge in [-0.2, -0.15) is 4.98 Å². The van der Waals surface area contributed by atoms with Crippen LogP contribution in [0, 0.1) is 12.8 Å². The summed E-state index contributed by atoms with van der Waals surface area (Å²) < 4.78 is 21.5. The molecule has 2 aliphatic heterocycles. The van der Waals surface area contributed by atoms with Gasteiger partial charge in [-0.15, -0.1) is 0 Å². The van der Waals surface area contributed by atoms with Crippen LogP contribution in [0.5, 0.6) is 5.75 Å². The third-order valence-electron chi connectivity index (χ3n) is 11.1. The van der Waals surface area contributed by atoms with E-state index in [4.69, 9.17) is 9.72 Å². The first-order valence-electron chi connectivity index (χ1n) is 19.6. The Bertz CT molecular complexity index is 2650. The summed E-state index contributed by atoms with van der Waals surface area (Å²) in [4.78, 5) is 51.6. The van der Waals surface area contributed by atoms with Gasteiger partial charge in [0.25, 0.3) is 5.56 Å². The van der Waals surface area contributed by atoms with Crippen LogP contribution in [0.4, 0.5) is 34.5 Å². The number of nitrogens with one attached hydrogen (secondary N) is 3. The number of benzene rings is 3. The number of rotatable bonds is 11. The standard InChI is InChI=1S/C42H47BrN11O4P/c1-27-23-34(48-41-46-25-31(43)40(50-41)47-33-10-9-32-38(45-15-14-44-32)39(33)59(3,4)57)36(58-2)24-35(27)53-21-19-51(20-22-53)26-28-11-16-52(17-12-28)29-5-7-30(8-6-29)54-18-13-37(55)49-42(54)56/h5-10,13-15,18,23-25,28H,11-12,16-17,19-22,26H2,1-4H3,(H,49,55,56)(H2,46,47,48,50). The lowest BCUT2D eigenvalue weighted by atomic mass is 9.95. The molecule has 3 N–H and O–H groups in total. The summed E-state index contributed by atoms with van der Waals surface area (Å²) in [6, 6.07) is 17.2. The molecule has 0 radical (unpaired) electrons. The van der Waals surface area contributed by atoms with Crippen LogP contribution in [0.2, 0.25) is 0 Å². The Morgan fingerprint density at radius 1 is 0.864 bits per heavy atom. The van der Waals surface area contributed by atoms with E-state index in [1.165, 1.54) is 16.8 Å². The zero-order valence-electron chi connectivity index (χ0n) is 33.5. The minimum atomic E-state index is -2.76. The maximum Gasteiger partial charge on any atom is 0.332 e. The van der Waals surface area contributed by atoms with E-state index in [0.717, 1.165) is 87.0 Å². The van der Waals surface area contributed by atoms with Crippen LogP contribution in [0.3, 0.4) is 0 Å². The second kappa shape index (κ2) is 17.0. The molecule has 8 rings (SSSR count). The fraction of sp³-hybridized carbons (Fsp3) is 0.333. The topological polar surface area (TPSA) is 166 Å². The molecular formula is C42H47BrN11O4P. The number of fused-ring (bicyclic) bond motifs is 1. The van der Waals surface area contributed by atoms with Gasteiger partial charge in [-0.05, 0) is 103 Å². The van der Waals surface area contributed by atoms with Crippen molar-refractivity contribution < 1.29 is 9.30 Å². The van der Waals surface area contributed by atoms with E-state index < -0.39 is 18.4 Å². The molecule has 306 valence electrons. The fourth-order valence-electron chi connectivity index (χ4n) is 8.07. The smallest absolute Gasteiger partial charge is 0.332 e. The average Bonchev–Trinajstić information content (AvgIpc) is 3.22. The average molecular weight is 881 g/mol. The number of anilines is 6. The van der Waals surface area contributed by atoms with Gasteiger partial charge in [0.1, 0.15) is 24.2 Å². The first kappa shape index (κ1) is 40.2. The highest BCUT2D eigenvalue weighted by atomic mass is 79.9. The molecule has 0 bridgehead atoms. The van der Waals surface area contributed by atoms with Crippen molar-refractivity contribution in [2.45, 2.75) is 19.8 Å². The third kappa shape index (κ3) is 8.90. The number of nitrogens with zero attached hydrogens (tertiary/aromatic N) is 8. The molecule has 0 aliphatic carbocycles. The normalized spacial score (nSPS) is 15.4. The molecule has 3 aromatic carbocycles. The summed E-state index contributed by atoms with van der Waals surface area (Å²) in [5.74, 6) is 2.21. The van der Waals surface area contributed by atoms with Crippen LogP contribution < -0.4 is 41.7 Å². The van der Waals surface area contributed by atoms with Crippen LogP contribution >= 0.6 is 23.1 Å². The monoisotopic (exact) mass is 879 g/mol. The van der Waals surface area contributed by atoms with Crippen molar-refractivity contribution >= 4 is 73.9 Å². The SMILES string of the molecule is COc1cc(N2CCN(CC3CCN(c4ccc(-n5ccc(=O)[nH]c5=O)cc4)CC3)CC2)c(C)cc1Nc1ncc(Br)c(Nc2ccc3nccnc3c2P(C)(C)=O)n1. The van der Waals surface area contributed by atoms with Crippen LogP contribution in [0.25, 0.3) is 16.7 Å². The maximum atomic E-state index is 13.5. The van der Waals surface area contributed by atoms with E-state index in [9.17, 15) is 14.2 Å². The van der Waals surface area contributed by atoms with Crippen LogP contribution in [-0.4, -0.2) is 101 Å². The number of H-pyrrole nitrogens is 1. The largest absolute Gasteiger partial charge is 0.494 e. The second-order valence-corrected chi connectivity index (χ2v) is 19.4. The van der Waals surface area contributed by atoms with E-state index in [0.29, 0.717) is 49.9 Å². The number of aryl methyl sites for hydroxylation is 1. The number of ether oxygens (including phenoxy) is 1. The molecule has 59 heavy (non-hydrogen) atoms. The van der Waals surface area contributed by atoms with Crippen molar-refractivity contribution in [1.82, 2.24) is 34.4 Å². The molecule has 5 heterocycles. The zero-order chi connectivity index (χ0) is 41.3. The Morgan fingerprint density at radius 2 is 1.59 bits per heavy atom. The summed E-state index contributed by atoms with van der Waals surface area (Å²) in [6.45, 7) is 12.5. The fourth-order valence-corrected chi connectivity index (χ4v) is 9.75. The van der Waals surface area contributed by atoms with Gasteiger partial charge in [-0.3, -0.25) is 29.2 Å². The molecule has 3 aromatic heterocycles. The van der Waals surface area contributed by atoms with Crippen molar-refractivity contribution in [2.24, 2.45) is 5.92 Å². The summed E-state index contributed by atoms with van der Waals surface area (Å²) in [5, 5.41) is 7.34. The molecule has 2 fully saturated rings. The second-order valence-electron chi connectivity index (χ2n) is 15.4. The zero-order valence-corrected chi connectivity index (χ0v) is 36.0. The van der Waals surface area contributed by atoms with Gasteiger partial charge >= 0.3 is 5.69 Å². The number of aromatic nitrogens is 6. The van der Waals surface area contributed by atoms with Gasteiger partial charge in [0.05, 0.1) is 39.5 Å². The van der Waals surface area contributed by atoms with E-state index >= 15 is 0 Å². The van der Waals surface area contributed by atoms with Crippen LogP contribution in [-0.2, 0) is 4.57 Å². The Balaban J connectivity index is 0.872. The van der Waals surface area contributed by atoms with E-state index in [-0.39, 0.29) is 0 Å². The van der Waals surface area contributed by atoms with Crippen molar-refractivity contribution in [3.63, 3.8) is 0 Å². The Kier molecular flexibility index (Phi) is 11.6. The van der Waals surface area contributed by atoms with Crippen LogP contribution in [0.1, 0.15) is 18.4 Å². The molecule has 0 saturated carbocycles. The number of aromatic amines is 1. The highest BCUT2D eigenvalue weighted by molar-refractivity contribution is 9.10. The molecule has 0 unspecified atom stereocenters. The number of hydrogen-bond acceptors (Lipinski definition) is 13. The Labute approximate surface area is 350 Å². The lowest BCUT2D eigenvalue weighted by molar-refractivity contribution is 0.201. The number of piperazine rings is 1. The minimum absolute atomic E-state index is 0.373. The molecule has 2 aliphatic rings. The van der Waals surface area contributed by atoms with Gasteiger partial charge in [0.2, 0.25) is 5.95 Å². The van der Waals surface area contributed by atoms with Gasteiger partial charge in [-0.25, -0.2) is 9.78 Å². The predicted octanol–water partition coefficient (Wildman–Crippen LogP) is 6.11. The molecule has 17 heteroatoms. The molecule has 0 atom stereocenters. The third-order valence-corrected chi connectivity index (χ3v) is 13.2. The molecular weight excluding hydrogens is 833 g/mol. The summed E-state index contributed by atoms with van der Waals surface area (Å²) in [5.41, 5.74) is 5.95. The van der Waals surface area contributed by atoms with Crippen molar-refractivity contribution in [3.05, 3.63) is 110 Å². The lowest BCUT2D eigenvalue weighted by Gasteiger charge is -2.40. The van der Waals surface area contributed by atoms with Gasteiger partial charge in [0.15, 0.2) is 0 Å². The summed E-state index contributed by atoms with van der Waals surface area (Å²) >= 11 is 3.58. The lowest BCUT2D eigenvalue weighted by Crippen LogP contribution is -2.49. The Morgan fingerprint density at radius 3 is 2.31 bits per heavy atom. The van der Waals surface area contributed by atoms with E-state index in [1.54, 1.807) is 39.0 Å². The van der Waals surface area contributed by atoms with E-state index in [2.05, 4.69) is 80.3 Å². The number of hydrogen-bond donors (Lipinski definition) is 3. The van der Waals surface area contributed by atoms with Crippen LogP contribution in [0.15, 0.2) is 93.4 Å².